The highest BCUT2D eigenvalue weighted by molar-refractivity contribution is 4.99. The van der Waals surface area contributed by atoms with Gasteiger partial charge in [0.25, 0.3) is 0 Å². The molecule has 3 atom stereocenters. The Balaban J connectivity index is 1.94. The average Bonchev–Trinajstić information content (AvgIpc) is 2.68. The van der Waals surface area contributed by atoms with E-state index in [2.05, 4.69) is 33.0 Å². The molecule has 0 spiro atoms. The van der Waals surface area contributed by atoms with Crippen LogP contribution in [0.1, 0.15) is 79.1 Å². The molecule has 2 fully saturated rings. The normalized spacial score (nSPS) is 37.5. The van der Waals surface area contributed by atoms with Crippen molar-refractivity contribution in [3.8, 4) is 0 Å². The van der Waals surface area contributed by atoms with Gasteiger partial charge < -0.3 is 11.1 Å². The van der Waals surface area contributed by atoms with Crippen LogP contribution in [0.5, 0.6) is 0 Å². The molecule has 2 aliphatic carbocycles. The quantitative estimate of drug-likeness (QED) is 0.796. The molecule has 0 aromatic heterocycles. The van der Waals surface area contributed by atoms with Crippen LogP contribution < -0.4 is 11.1 Å². The lowest BCUT2D eigenvalue weighted by Gasteiger charge is -2.43. The number of nitrogens with two attached hydrogens (primary N) is 1. The maximum absolute atomic E-state index is 6.21. The molecule has 2 nitrogen and oxygen atoms in total. The van der Waals surface area contributed by atoms with Gasteiger partial charge in [0, 0.05) is 18.1 Å². The largest absolute Gasteiger partial charge is 0.329 e. The molecule has 0 heterocycles. The number of hydrogen-bond donors (Lipinski definition) is 2. The summed E-state index contributed by atoms with van der Waals surface area (Å²) in [5.41, 5.74) is 6.98. The van der Waals surface area contributed by atoms with Crippen LogP contribution in [0.2, 0.25) is 0 Å². The lowest BCUT2D eigenvalue weighted by molar-refractivity contribution is 0.151. The lowest BCUT2D eigenvalue weighted by atomic mass is 9.72. The van der Waals surface area contributed by atoms with Crippen molar-refractivity contribution >= 4 is 0 Å². The smallest absolute Gasteiger partial charge is 0.0309 e. The van der Waals surface area contributed by atoms with E-state index in [1.54, 1.807) is 0 Å². The van der Waals surface area contributed by atoms with Gasteiger partial charge in [-0.15, -0.1) is 0 Å². The summed E-state index contributed by atoms with van der Waals surface area (Å²) in [7, 11) is 0. The van der Waals surface area contributed by atoms with E-state index < -0.39 is 0 Å². The van der Waals surface area contributed by atoms with Crippen molar-refractivity contribution in [3.05, 3.63) is 0 Å². The Morgan fingerprint density at radius 1 is 1.15 bits per heavy atom. The van der Waals surface area contributed by atoms with Crippen LogP contribution in [0.4, 0.5) is 0 Å². The van der Waals surface area contributed by atoms with Crippen LogP contribution in [0.15, 0.2) is 0 Å². The molecule has 2 saturated carbocycles. The molecule has 2 aliphatic rings. The summed E-state index contributed by atoms with van der Waals surface area (Å²) < 4.78 is 0. The third-order valence-corrected chi connectivity index (χ3v) is 5.62. The second-order valence-corrected chi connectivity index (χ2v) is 8.82. The third-order valence-electron chi connectivity index (χ3n) is 5.62. The second kappa shape index (κ2) is 6.36. The van der Waals surface area contributed by atoms with Crippen molar-refractivity contribution in [1.29, 1.82) is 0 Å². The van der Waals surface area contributed by atoms with E-state index in [-0.39, 0.29) is 5.54 Å². The number of rotatable bonds is 5. The molecule has 20 heavy (non-hydrogen) atoms. The van der Waals surface area contributed by atoms with Gasteiger partial charge in [-0.25, -0.2) is 0 Å². The molecule has 0 aromatic carbocycles. The van der Waals surface area contributed by atoms with Gasteiger partial charge in [0.15, 0.2) is 0 Å². The fraction of sp³-hybridized carbons (Fsp3) is 1.00. The molecule has 0 aromatic rings. The number of nitrogens with one attached hydrogen (secondary N) is 1. The Morgan fingerprint density at radius 2 is 1.90 bits per heavy atom. The SMILES string of the molecule is CC(C)CC1CCCC(CN)(NC2CCC(C)(C)C2)C1. The van der Waals surface area contributed by atoms with Crippen LogP contribution in [-0.2, 0) is 0 Å². The van der Waals surface area contributed by atoms with Crippen LogP contribution in [0, 0.1) is 17.3 Å². The van der Waals surface area contributed by atoms with Gasteiger partial charge in [-0.05, 0) is 55.8 Å². The summed E-state index contributed by atoms with van der Waals surface area (Å²) in [5.74, 6) is 1.70. The molecule has 0 saturated heterocycles. The Morgan fingerprint density at radius 3 is 2.45 bits per heavy atom. The second-order valence-electron chi connectivity index (χ2n) is 8.82. The van der Waals surface area contributed by atoms with Gasteiger partial charge in [0.05, 0.1) is 0 Å². The first-order valence-corrected chi connectivity index (χ1v) is 8.82. The van der Waals surface area contributed by atoms with Crippen LogP contribution in [0.3, 0.4) is 0 Å². The van der Waals surface area contributed by atoms with Gasteiger partial charge in [-0.1, -0.05) is 40.5 Å². The molecule has 2 heteroatoms. The molecule has 0 amide bonds. The van der Waals surface area contributed by atoms with E-state index in [0.29, 0.717) is 11.5 Å². The van der Waals surface area contributed by atoms with Gasteiger partial charge >= 0.3 is 0 Å². The number of hydrogen-bond acceptors (Lipinski definition) is 2. The highest BCUT2D eigenvalue weighted by atomic mass is 15.0. The lowest BCUT2D eigenvalue weighted by Crippen LogP contribution is -2.57. The predicted molar refractivity (Wildman–Crippen MR) is 87.8 cm³/mol. The van der Waals surface area contributed by atoms with Crippen molar-refractivity contribution in [2.24, 2.45) is 23.0 Å². The van der Waals surface area contributed by atoms with E-state index >= 15 is 0 Å². The summed E-state index contributed by atoms with van der Waals surface area (Å²) >= 11 is 0. The molecule has 118 valence electrons. The Hall–Kier alpha value is -0.0800. The Bertz CT molecular complexity index is 311. The molecule has 0 aliphatic heterocycles. The van der Waals surface area contributed by atoms with E-state index in [1.165, 1.54) is 51.4 Å². The maximum atomic E-state index is 6.21. The zero-order valence-corrected chi connectivity index (χ0v) is 14.2. The first kappa shape index (κ1) is 16.3. The standard InChI is InChI=1S/C18H36N2/c1-14(2)10-15-6-5-8-18(11-15,13-19)20-16-7-9-17(3,4)12-16/h14-16,20H,5-13,19H2,1-4H3. The first-order chi connectivity index (χ1) is 9.34. The Labute approximate surface area is 126 Å². The Kier molecular flexibility index (Phi) is 5.18. The van der Waals surface area contributed by atoms with Gasteiger partial charge in [0.2, 0.25) is 0 Å². The van der Waals surface area contributed by atoms with Crippen molar-refractivity contribution in [1.82, 2.24) is 5.32 Å². The van der Waals surface area contributed by atoms with Gasteiger partial charge in [-0.2, -0.15) is 0 Å². The topological polar surface area (TPSA) is 38.0 Å². The zero-order chi connectivity index (χ0) is 14.8. The highest BCUT2D eigenvalue weighted by Crippen LogP contribution is 2.40. The molecule has 0 radical (unpaired) electrons. The highest BCUT2D eigenvalue weighted by Gasteiger charge is 2.40. The van der Waals surface area contributed by atoms with Crippen LogP contribution in [-0.4, -0.2) is 18.1 Å². The monoisotopic (exact) mass is 280 g/mol. The average molecular weight is 281 g/mol. The molecular weight excluding hydrogens is 244 g/mol. The summed E-state index contributed by atoms with van der Waals surface area (Å²) in [6.45, 7) is 10.3. The van der Waals surface area contributed by atoms with Gasteiger partial charge in [-0.3, -0.25) is 0 Å². The molecular formula is C18H36N2. The van der Waals surface area contributed by atoms with E-state index in [1.807, 2.05) is 0 Å². The minimum Gasteiger partial charge on any atom is -0.329 e. The van der Waals surface area contributed by atoms with E-state index in [0.717, 1.165) is 18.4 Å². The van der Waals surface area contributed by atoms with Crippen molar-refractivity contribution < 1.29 is 0 Å². The van der Waals surface area contributed by atoms with Crippen molar-refractivity contribution in [2.75, 3.05) is 6.54 Å². The predicted octanol–water partition coefficient (Wildman–Crippen LogP) is 4.09. The maximum Gasteiger partial charge on any atom is 0.0309 e. The van der Waals surface area contributed by atoms with Crippen LogP contribution in [0.25, 0.3) is 0 Å². The fourth-order valence-electron chi connectivity index (χ4n) is 4.72. The van der Waals surface area contributed by atoms with Crippen molar-refractivity contribution in [2.45, 2.75) is 90.6 Å². The fourth-order valence-corrected chi connectivity index (χ4v) is 4.72. The molecule has 3 N–H and O–H groups in total. The summed E-state index contributed by atoms with van der Waals surface area (Å²) in [6.07, 6.45) is 10.8. The zero-order valence-electron chi connectivity index (χ0n) is 14.2. The minimum atomic E-state index is 0.239. The summed E-state index contributed by atoms with van der Waals surface area (Å²) in [5, 5.41) is 4.01. The van der Waals surface area contributed by atoms with Crippen LogP contribution >= 0.6 is 0 Å². The van der Waals surface area contributed by atoms with Crippen molar-refractivity contribution in [3.63, 3.8) is 0 Å². The van der Waals surface area contributed by atoms with E-state index in [4.69, 9.17) is 5.73 Å². The minimum absolute atomic E-state index is 0.239. The molecule has 3 unspecified atom stereocenters. The molecule has 2 rings (SSSR count). The molecule has 0 bridgehead atoms. The van der Waals surface area contributed by atoms with E-state index in [9.17, 15) is 0 Å². The third kappa shape index (κ3) is 4.21. The summed E-state index contributed by atoms with van der Waals surface area (Å²) in [6, 6.07) is 0.700. The first-order valence-electron chi connectivity index (χ1n) is 8.82. The summed E-state index contributed by atoms with van der Waals surface area (Å²) in [4.78, 5) is 0. The van der Waals surface area contributed by atoms with Gasteiger partial charge in [0.1, 0.15) is 0 Å².